The second-order valence-corrected chi connectivity index (χ2v) is 9.96. The summed E-state index contributed by atoms with van der Waals surface area (Å²) in [4.78, 5) is 20.9. The van der Waals surface area contributed by atoms with Crippen LogP contribution in [0.2, 0.25) is 0 Å². The number of fused-ring (bicyclic) bond motifs is 1. The number of anilines is 2. The second kappa shape index (κ2) is 8.99. The van der Waals surface area contributed by atoms with Crippen molar-refractivity contribution in [2.24, 2.45) is 11.1 Å². The number of rotatable bonds is 3. The highest BCUT2D eigenvalue weighted by Crippen LogP contribution is 2.38. The lowest BCUT2D eigenvalue weighted by Crippen LogP contribution is -2.55. The Labute approximate surface area is 206 Å². The number of nitrogens with zero attached hydrogens (tertiary/aromatic N) is 5. The van der Waals surface area contributed by atoms with Gasteiger partial charge in [-0.15, -0.1) is 5.10 Å². The molecule has 1 aliphatic heterocycles. The van der Waals surface area contributed by atoms with Crippen LogP contribution in [0.1, 0.15) is 33.3 Å². The van der Waals surface area contributed by atoms with E-state index >= 15 is 0 Å². The predicted octanol–water partition coefficient (Wildman–Crippen LogP) is 3.80. The molecule has 1 atom stereocenters. The maximum absolute atomic E-state index is 13.6. The van der Waals surface area contributed by atoms with Crippen molar-refractivity contribution < 1.29 is 18.0 Å². The van der Waals surface area contributed by atoms with Crippen LogP contribution in [0.5, 0.6) is 0 Å². The molecular weight excluding hydrogens is 473 g/mol. The maximum Gasteiger partial charge on any atom is 0.418 e. The monoisotopic (exact) mass is 502 g/mol. The van der Waals surface area contributed by atoms with E-state index in [9.17, 15) is 18.0 Å². The number of nitrogens with two attached hydrogens (primary N) is 1. The minimum atomic E-state index is -4.63. The normalized spacial score (nSPS) is 16.9. The number of aromatic nitrogens is 3. The Morgan fingerprint density at radius 3 is 2.50 bits per heavy atom. The molecule has 0 radical (unpaired) electrons. The summed E-state index contributed by atoms with van der Waals surface area (Å²) < 4.78 is 42.4. The van der Waals surface area contributed by atoms with Crippen molar-refractivity contribution in [1.29, 1.82) is 5.41 Å². The van der Waals surface area contributed by atoms with Crippen molar-refractivity contribution in [2.45, 2.75) is 39.9 Å². The molecule has 1 unspecified atom stereocenters. The molecule has 0 saturated carbocycles. The average Bonchev–Trinajstić information content (AvgIpc) is 3.21. The Balaban J connectivity index is 1.66. The molecule has 12 heteroatoms. The fourth-order valence-electron chi connectivity index (χ4n) is 4.05. The summed E-state index contributed by atoms with van der Waals surface area (Å²) in [5.41, 5.74) is 4.88. The van der Waals surface area contributed by atoms with Crippen LogP contribution >= 0.6 is 0 Å². The van der Waals surface area contributed by atoms with E-state index in [1.807, 2.05) is 13.0 Å². The van der Waals surface area contributed by atoms with E-state index < -0.39 is 23.1 Å². The van der Waals surface area contributed by atoms with E-state index in [0.717, 1.165) is 6.07 Å². The Kier molecular flexibility index (Phi) is 6.31. The number of imidazole rings is 1. The molecule has 0 bridgehead atoms. The largest absolute Gasteiger partial charge is 0.418 e. The van der Waals surface area contributed by atoms with Gasteiger partial charge >= 0.3 is 6.18 Å². The number of benzene rings is 1. The SMILES string of the molecule is CC1CN(C(=N)N)CCN1c1ccc2nc(-c3ccc(C(F)(F)F)c(NC(=O)C(C)(C)C)c3)cn2n1. The smallest absolute Gasteiger partial charge is 0.370 e. The molecule has 36 heavy (non-hydrogen) atoms. The van der Waals surface area contributed by atoms with Crippen LogP contribution in [0.3, 0.4) is 0 Å². The second-order valence-electron chi connectivity index (χ2n) is 9.96. The van der Waals surface area contributed by atoms with E-state index in [0.29, 0.717) is 42.4 Å². The molecule has 1 aliphatic rings. The summed E-state index contributed by atoms with van der Waals surface area (Å²) >= 11 is 0. The van der Waals surface area contributed by atoms with E-state index in [-0.39, 0.29) is 17.7 Å². The first-order chi connectivity index (χ1) is 16.7. The number of carbonyl (C=O) groups excluding carboxylic acids is 1. The number of hydrogen-bond donors (Lipinski definition) is 3. The molecule has 1 fully saturated rings. The molecular formula is C24H29F3N8O. The Morgan fingerprint density at radius 2 is 1.89 bits per heavy atom. The fourth-order valence-corrected chi connectivity index (χ4v) is 4.05. The van der Waals surface area contributed by atoms with E-state index in [1.54, 1.807) is 42.4 Å². The summed E-state index contributed by atoms with van der Waals surface area (Å²) in [6.07, 6.45) is -2.98. The minimum Gasteiger partial charge on any atom is -0.370 e. The molecule has 1 saturated heterocycles. The van der Waals surface area contributed by atoms with Gasteiger partial charge in [0.1, 0.15) is 5.82 Å². The third-order valence-electron chi connectivity index (χ3n) is 6.12. The maximum atomic E-state index is 13.6. The number of carbonyl (C=O) groups is 1. The first-order valence-electron chi connectivity index (χ1n) is 11.5. The van der Waals surface area contributed by atoms with Gasteiger partial charge < -0.3 is 20.9 Å². The predicted molar refractivity (Wildman–Crippen MR) is 132 cm³/mol. The topological polar surface area (TPSA) is 116 Å². The number of halogens is 3. The highest BCUT2D eigenvalue weighted by atomic mass is 19.4. The molecule has 0 spiro atoms. The number of nitrogens with one attached hydrogen (secondary N) is 2. The van der Waals surface area contributed by atoms with Crippen molar-refractivity contribution in [3.05, 3.63) is 42.1 Å². The van der Waals surface area contributed by atoms with Gasteiger partial charge in [0.25, 0.3) is 0 Å². The lowest BCUT2D eigenvalue weighted by Gasteiger charge is -2.40. The van der Waals surface area contributed by atoms with Crippen molar-refractivity contribution in [2.75, 3.05) is 29.9 Å². The summed E-state index contributed by atoms with van der Waals surface area (Å²) in [5, 5.41) is 14.7. The molecule has 1 amide bonds. The van der Waals surface area contributed by atoms with Gasteiger partial charge in [-0.05, 0) is 31.2 Å². The standard InChI is InChI=1S/C24H29F3N8O/c1-14-12-33(22(28)29)9-10-34(14)20-8-7-19-30-18(13-35(19)32-20)15-5-6-16(24(25,26)27)17(11-15)31-21(36)23(2,3)4/h5-8,11,13-14H,9-10,12H2,1-4H3,(H3,28,29)(H,31,36). The molecule has 4 N–H and O–H groups in total. The highest BCUT2D eigenvalue weighted by molar-refractivity contribution is 5.96. The summed E-state index contributed by atoms with van der Waals surface area (Å²) in [6, 6.07) is 7.28. The zero-order chi connectivity index (χ0) is 26.4. The molecule has 3 heterocycles. The van der Waals surface area contributed by atoms with Crippen molar-refractivity contribution >= 4 is 29.0 Å². The highest BCUT2D eigenvalue weighted by Gasteiger charge is 2.35. The van der Waals surface area contributed by atoms with Gasteiger partial charge in [0, 0.05) is 36.7 Å². The number of guanidine groups is 1. The first-order valence-corrected chi connectivity index (χ1v) is 11.5. The molecule has 0 aliphatic carbocycles. The number of piperazine rings is 1. The quantitative estimate of drug-likeness (QED) is 0.371. The fraction of sp³-hybridized carbons (Fsp3) is 0.417. The minimum absolute atomic E-state index is 0.0405. The van der Waals surface area contributed by atoms with Gasteiger partial charge in [0.2, 0.25) is 5.91 Å². The first kappa shape index (κ1) is 25.3. The van der Waals surface area contributed by atoms with Crippen molar-refractivity contribution in [3.63, 3.8) is 0 Å². The molecule has 192 valence electrons. The number of hydrogen-bond acceptors (Lipinski definition) is 5. The van der Waals surface area contributed by atoms with Crippen molar-refractivity contribution in [3.8, 4) is 11.3 Å². The van der Waals surface area contributed by atoms with Crippen LogP contribution in [-0.2, 0) is 11.0 Å². The molecule has 2 aromatic heterocycles. The average molecular weight is 503 g/mol. The summed E-state index contributed by atoms with van der Waals surface area (Å²) in [5.74, 6) is 0.233. The molecule has 9 nitrogen and oxygen atoms in total. The van der Waals surface area contributed by atoms with Crippen LogP contribution < -0.4 is 16.0 Å². The molecule has 1 aromatic carbocycles. The Morgan fingerprint density at radius 1 is 1.17 bits per heavy atom. The van der Waals surface area contributed by atoms with Gasteiger partial charge in [-0.25, -0.2) is 9.50 Å². The van der Waals surface area contributed by atoms with Crippen LogP contribution in [0, 0.1) is 10.8 Å². The Bertz CT molecular complexity index is 1310. The zero-order valence-electron chi connectivity index (χ0n) is 20.5. The lowest BCUT2D eigenvalue weighted by atomic mass is 9.95. The van der Waals surface area contributed by atoms with Crippen LogP contribution in [0.25, 0.3) is 16.9 Å². The van der Waals surface area contributed by atoms with E-state index in [4.69, 9.17) is 11.1 Å². The van der Waals surface area contributed by atoms with Gasteiger partial charge in [0.05, 0.1) is 23.1 Å². The van der Waals surface area contributed by atoms with Gasteiger partial charge in [-0.1, -0.05) is 26.8 Å². The number of amides is 1. The lowest BCUT2D eigenvalue weighted by molar-refractivity contribution is -0.137. The van der Waals surface area contributed by atoms with Gasteiger partial charge in [-0.2, -0.15) is 13.2 Å². The van der Waals surface area contributed by atoms with Gasteiger partial charge in [-0.3, -0.25) is 10.2 Å². The van der Waals surface area contributed by atoms with Gasteiger partial charge in [0.15, 0.2) is 11.6 Å². The Hall–Kier alpha value is -3.83. The third kappa shape index (κ3) is 5.07. The summed E-state index contributed by atoms with van der Waals surface area (Å²) in [7, 11) is 0. The van der Waals surface area contributed by atoms with E-state index in [1.165, 1.54) is 12.1 Å². The van der Waals surface area contributed by atoms with Crippen LogP contribution in [-0.4, -0.2) is 57.0 Å². The van der Waals surface area contributed by atoms with Crippen LogP contribution in [0.15, 0.2) is 36.5 Å². The third-order valence-corrected chi connectivity index (χ3v) is 6.12. The molecule has 3 aromatic rings. The zero-order valence-corrected chi connectivity index (χ0v) is 20.5. The number of alkyl halides is 3. The molecule has 4 rings (SSSR count). The van der Waals surface area contributed by atoms with Crippen LogP contribution in [0.4, 0.5) is 24.7 Å². The van der Waals surface area contributed by atoms with Crippen molar-refractivity contribution in [1.82, 2.24) is 19.5 Å². The summed E-state index contributed by atoms with van der Waals surface area (Å²) in [6.45, 7) is 8.75. The van der Waals surface area contributed by atoms with E-state index in [2.05, 4.69) is 20.3 Å².